The number of nitrogens with one attached hydrogen (secondary N) is 1. The standard InChI is InChI=1S/C17H18N4S2/c1-12-2-4-13(5-3-12)16-18-17(22)21(19-16)11-20-8-6-15-14(10-20)7-9-23-15/h2-5,7,9H,6,8,10-11H2,1H3,(H,18,19,22). The van der Waals surface area contributed by atoms with Gasteiger partial charge in [0.2, 0.25) is 4.77 Å². The van der Waals surface area contributed by atoms with Crippen molar-refractivity contribution in [3.63, 3.8) is 0 Å². The smallest absolute Gasteiger partial charge is 0.217 e. The highest BCUT2D eigenvalue weighted by molar-refractivity contribution is 7.71. The van der Waals surface area contributed by atoms with E-state index in [9.17, 15) is 0 Å². The largest absolute Gasteiger partial charge is 0.280 e. The SMILES string of the molecule is Cc1ccc(-c2nc(=S)n(CN3CCc4sccc4C3)[nH]2)cc1. The van der Waals surface area contributed by atoms with E-state index in [1.165, 1.54) is 16.0 Å². The van der Waals surface area contributed by atoms with Gasteiger partial charge in [0.1, 0.15) is 0 Å². The first-order valence-corrected chi connectivity index (χ1v) is 8.99. The lowest BCUT2D eigenvalue weighted by Crippen LogP contribution is -2.32. The van der Waals surface area contributed by atoms with Crippen molar-refractivity contribution in [1.82, 2.24) is 19.7 Å². The van der Waals surface area contributed by atoms with E-state index in [1.807, 2.05) is 16.0 Å². The molecule has 1 N–H and O–H groups in total. The van der Waals surface area contributed by atoms with Crippen LogP contribution in [0.4, 0.5) is 0 Å². The summed E-state index contributed by atoms with van der Waals surface area (Å²) in [5.41, 5.74) is 3.76. The lowest BCUT2D eigenvalue weighted by molar-refractivity contribution is 0.190. The van der Waals surface area contributed by atoms with Crippen LogP contribution >= 0.6 is 23.6 Å². The summed E-state index contributed by atoms with van der Waals surface area (Å²) in [6, 6.07) is 10.6. The molecule has 6 heteroatoms. The first-order valence-electron chi connectivity index (χ1n) is 7.70. The number of H-pyrrole nitrogens is 1. The summed E-state index contributed by atoms with van der Waals surface area (Å²) >= 11 is 7.29. The predicted octanol–water partition coefficient (Wildman–Crippen LogP) is 3.99. The van der Waals surface area contributed by atoms with E-state index in [2.05, 4.69) is 57.6 Å². The van der Waals surface area contributed by atoms with Crippen LogP contribution < -0.4 is 0 Å². The summed E-state index contributed by atoms with van der Waals surface area (Å²) in [6.45, 7) is 4.89. The predicted molar refractivity (Wildman–Crippen MR) is 96.0 cm³/mol. The Morgan fingerprint density at radius 3 is 2.91 bits per heavy atom. The summed E-state index contributed by atoms with van der Waals surface area (Å²) in [4.78, 5) is 8.44. The van der Waals surface area contributed by atoms with Gasteiger partial charge in [-0.15, -0.1) is 11.3 Å². The number of benzene rings is 1. The minimum atomic E-state index is 0.608. The molecule has 0 bridgehead atoms. The topological polar surface area (TPSA) is 36.9 Å². The Morgan fingerprint density at radius 1 is 1.26 bits per heavy atom. The van der Waals surface area contributed by atoms with Gasteiger partial charge in [-0.2, -0.15) is 4.98 Å². The molecular weight excluding hydrogens is 324 g/mol. The maximum absolute atomic E-state index is 5.42. The van der Waals surface area contributed by atoms with E-state index < -0.39 is 0 Å². The maximum Gasteiger partial charge on any atom is 0.217 e. The number of aromatic amines is 1. The fourth-order valence-electron chi connectivity index (χ4n) is 2.92. The van der Waals surface area contributed by atoms with Gasteiger partial charge in [-0.1, -0.05) is 29.8 Å². The Hall–Kier alpha value is -1.76. The van der Waals surface area contributed by atoms with Gasteiger partial charge in [-0.05, 0) is 42.6 Å². The highest BCUT2D eigenvalue weighted by atomic mass is 32.1. The molecule has 0 spiro atoms. The lowest BCUT2D eigenvalue weighted by Gasteiger charge is -2.26. The minimum Gasteiger partial charge on any atom is -0.280 e. The van der Waals surface area contributed by atoms with E-state index in [0.717, 1.165) is 37.6 Å². The first-order chi connectivity index (χ1) is 11.2. The van der Waals surface area contributed by atoms with Gasteiger partial charge in [0, 0.05) is 23.5 Å². The van der Waals surface area contributed by atoms with Crippen molar-refractivity contribution >= 4 is 23.6 Å². The van der Waals surface area contributed by atoms with Gasteiger partial charge in [0.05, 0.1) is 6.67 Å². The molecule has 2 aromatic heterocycles. The summed E-state index contributed by atoms with van der Waals surface area (Å²) in [6.07, 6.45) is 1.12. The van der Waals surface area contributed by atoms with E-state index in [-0.39, 0.29) is 0 Å². The summed E-state index contributed by atoms with van der Waals surface area (Å²) < 4.78 is 2.57. The van der Waals surface area contributed by atoms with Crippen molar-refractivity contribution in [3.05, 3.63) is 56.5 Å². The minimum absolute atomic E-state index is 0.608. The van der Waals surface area contributed by atoms with E-state index in [4.69, 9.17) is 12.2 Å². The van der Waals surface area contributed by atoms with Crippen molar-refractivity contribution in [2.45, 2.75) is 26.6 Å². The number of fused-ring (bicyclic) bond motifs is 1. The van der Waals surface area contributed by atoms with Crippen molar-refractivity contribution in [2.24, 2.45) is 0 Å². The molecule has 1 aliphatic heterocycles. The molecule has 0 aliphatic carbocycles. The normalized spacial score (nSPS) is 14.8. The van der Waals surface area contributed by atoms with Crippen LogP contribution in [0.5, 0.6) is 0 Å². The van der Waals surface area contributed by atoms with Crippen LogP contribution in [0.25, 0.3) is 11.4 Å². The summed E-state index contributed by atoms with van der Waals surface area (Å²) in [7, 11) is 0. The number of hydrogen-bond acceptors (Lipinski definition) is 4. The molecule has 0 unspecified atom stereocenters. The fraction of sp³-hybridized carbons (Fsp3) is 0.294. The lowest BCUT2D eigenvalue weighted by atomic mass is 10.1. The molecule has 0 saturated carbocycles. The van der Waals surface area contributed by atoms with Gasteiger partial charge < -0.3 is 0 Å². The molecule has 3 aromatic rings. The van der Waals surface area contributed by atoms with E-state index in [0.29, 0.717) is 4.77 Å². The Morgan fingerprint density at radius 2 is 2.09 bits per heavy atom. The zero-order chi connectivity index (χ0) is 15.8. The Labute approximate surface area is 144 Å². The Balaban J connectivity index is 1.54. The Kier molecular flexibility index (Phi) is 3.88. The van der Waals surface area contributed by atoms with E-state index >= 15 is 0 Å². The van der Waals surface area contributed by atoms with Crippen LogP contribution in [0.15, 0.2) is 35.7 Å². The average molecular weight is 342 g/mol. The molecule has 3 heterocycles. The second kappa shape index (κ2) is 6.03. The van der Waals surface area contributed by atoms with E-state index in [1.54, 1.807) is 0 Å². The Bertz CT molecular complexity index is 873. The molecule has 0 radical (unpaired) electrons. The zero-order valence-corrected chi connectivity index (χ0v) is 14.6. The van der Waals surface area contributed by atoms with Crippen molar-refractivity contribution < 1.29 is 0 Å². The van der Waals surface area contributed by atoms with Crippen molar-refractivity contribution in [3.8, 4) is 11.4 Å². The van der Waals surface area contributed by atoms with Crippen LogP contribution in [0.3, 0.4) is 0 Å². The monoisotopic (exact) mass is 342 g/mol. The van der Waals surface area contributed by atoms with Crippen LogP contribution in [-0.4, -0.2) is 26.2 Å². The highest BCUT2D eigenvalue weighted by Crippen LogP contribution is 2.24. The number of rotatable bonds is 3. The third-order valence-corrected chi connectivity index (χ3v) is 5.57. The molecule has 0 fully saturated rings. The number of aromatic nitrogens is 3. The molecule has 0 atom stereocenters. The van der Waals surface area contributed by atoms with Crippen LogP contribution in [0.2, 0.25) is 0 Å². The second-order valence-electron chi connectivity index (χ2n) is 5.96. The first kappa shape index (κ1) is 14.8. The molecule has 0 amide bonds. The quantitative estimate of drug-likeness (QED) is 0.731. The molecule has 1 aliphatic rings. The highest BCUT2D eigenvalue weighted by Gasteiger charge is 2.18. The summed E-state index contributed by atoms with van der Waals surface area (Å²) in [5.74, 6) is 0.836. The molecule has 118 valence electrons. The van der Waals surface area contributed by atoms with Gasteiger partial charge in [-0.3, -0.25) is 10.00 Å². The molecule has 1 aromatic carbocycles. The second-order valence-corrected chi connectivity index (χ2v) is 7.33. The molecule has 4 nitrogen and oxygen atoms in total. The van der Waals surface area contributed by atoms with Gasteiger partial charge >= 0.3 is 0 Å². The van der Waals surface area contributed by atoms with Gasteiger partial charge in [0.15, 0.2) is 5.82 Å². The van der Waals surface area contributed by atoms with Crippen LogP contribution in [-0.2, 0) is 19.6 Å². The van der Waals surface area contributed by atoms with Gasteiger partial charge in [-0.25, -0.2) is 4.68 Å². The zero-order valence-electron chi connectivity index (χ0n) is 13.0. The average Bonchev–Trinajstić information content (AvgIpc) is 3.15. The number of aryl methyl sites for hydroxylation is 1. The van der Waals surface area contributed by atoms with Crippen molar-refractivity contribution in [1.29, 1.82) is 0 Å². The summed E-state index contributed by atoms with van der Waals surface area (Å²) in [5, 5.41) is 5.53. The third kappa shape index (κ3) is 3.02. The number of nitrogens with zero attached hydrogens (tertiary/aromatic N) is 3. The fourth-order valence-corrected chi connectivity index (χ4v) is 4.00. The number of thiophene rings is 1. The molecular formula is C17H18N4S2. The van der Waals surface area contributed by atoms with Gasteiger partial charge in [0.25, 0.3) is 0 Å². The third-order valence-electron chi connectivity index (χ3n) is 4.23. The van der Waals surface area contributed by atoms with Crippen molar-refractivity contribution in [2.75, 3.05) is 6.54 Å². The molecule has 23 heavy (non-hydrogen) atoms. The molecule has 4 rings (SSSR count). The van der Waals surface area contributed by atoms with Crippen LogP contribution in [0.1, 0.15) is 16.0 Å². The maximum atomic E-state index is 5.42. The molecule has 0 saturated heterocycles. The van der Waals surface area contributed by atoms with Crippen LogP contribution in [0, 0.1) is 11.7 Å². The number of hydrogen-bond donors (Lipinski definition) is 1.